The Bertz CT molecular complexity index is 695. The van der Waals surface area contributed by atoms with Crippen LogP contribution >= 0.6 is 0 Å². The average molecular weight is 281 g/mol. The number of fused-ring (bicyclic) bond motifs is 1. The molecule has 0 fully saturated rings. The van der Waals surface area contributed by atoms with Crippen molar-refractivity contribution < 1.29 is 4.79 Å². The van der Waals surface area contributed by atoms with E-state index in [1.165, 1.54) is 5.56 Å². The summed E-state index contributed by atoms with van der Waals surface area (Å²) in [5.74, 6) is -0.472. The molecule has 21 heavy (non-hydrogen) atoms. The van der Waals surface area contributed by atoms with Crippen molar-refractivity contribution in [3.05, 3.63) is 53.1 Å². The molecule has 1 amide bonds. The highest BCUT2D eigenvalue weighted by Gasteiger charge is 2.23. The van der Waals surface area contributed by atoms with E-state index in [1.54, 1.807) is 0 Å². The van der Waals surface area contributed by atoms with E-state index in [1.807, 2.05) is 24.3 Å². The molecular formula is C17H19N3O. The van der Waals surface area contributed by atoms with Crippen LogP contribution in [0.4, 0.5) is 5.69 Å². The average Bonchev–Trinajstić information content (AvgIpc) is 2.48. The molecule has 4 N–H and O–H groups in total. The number of primary amides is 1. The monoisotopic (exact) mass is 281 g/mol. The number of likely N-dealkylation sites (N-methyl/N-ethyl adjacent to an activating group) is 1. The minimum Gasteiger partial charge on any atom is -0.398 e. The summed E-state index contributed by atoms with van der Waals surface area (Å²) < 4.78 is 0. The van der Waals surface area contributed by atoms with Crippen LogP contribution in [0.3, 0.4) is 0 Å². The first-order valence-electron chi connectivity index (χ1n) is 7.06. The summed E-state index contributed by atoms with van der Waals surface area (Å²) in [6.45, 7) is 1.74. The number of benzene rings is 2. The minimum atomic E-state index is -0.472. The second kappa shape index (κ2) is 5.22. The zero-order valence-corrected chi connectivity index (χ0v) is 12.1. The maximum absolute atomic E-state index is 11.7. The van der Waals surface area contributed by atoms with E-state index < -0.39 is 5.91 Å². The summed E-state index contributed by atoms with van der Waals surface area (Å²) in [6.07, 6.45) is 0.930. The molecule has 0 spiro atoms. The first-order chi connectivity index (χ1) is 10.1. The van der Waals surface area contributed by atoms with E-state index in [2.05, 4.69) is 24.1 Å². The van der Waals surface area contributed by atoms with Crippen LogP contribution in [-0.2, 0) is 13.0 Å². The summed E-state index contributed by atoms with van der Waals surface area (Å²) in [6, 6.07) is 11.9. The highest BCUT2D eigenvalue weighted by atomic mass is 16.1. The van der Waals surface area contributed by atoms with Crippen molar-refractivity contribution in [2.45, 2.75) is 13.0 Å². The predicted molar refractivity (Wildman–Crippen MR) is 84.8 cm³/mol. The lowest BCUT2D eigenvalue weighted by Gasteiger charge is -2.29. The Balaban J connectivity index is 2.27. The Labute approximate surface area is 124 Å². The maximum atomic E-state index is 11.7. The van der Waals surface area contributed by atoms with Crippen molar-refractivity contribution in [3.8, 4) is 11.1 Å². The van der Waals surface area contributed by atoms with Crippen LogP contribution in [0.25, 0.3) is 11.1 Å². The van der Waals surface area contributed by atoms with Gasteiger partial charge in [0.25, 0.3) is 5.91 Å². The second-order valence-electron chi connectivity index (χ2n) is 5.56. The van der Waals surface area contributed by atoms with Crippen molar-refractivity contribution in [1.29, 1.82) is 0 Å². The third-order valence-corrected chi connectivity index (χ3v) is 4.12. The highest BCUT2D eigenvalue weighted by Crippen LogP contribution is 2.35. The fourth-order valence-corrected chi connectivity index (χ4v) is 2.99. The van der Waals surface area contributed by atoms with Crippen LogP contribution in [0.15, 0.2) is 36.4 Å². The number of nitrogens with zero attached hydrogens (tertiary/aromatic N) is 1. The summed E-state index contributed by atoms with van der Waals surface area (Å²) in [5.41, 5.74) is 17.1. The van der Waals surface area contributed by atoms with Crippen molar-refractivity contribution in [2.75, 3.05) is 19.3 Å². The van der Waals surface area contributed by atoms with Gasteiger partial charge in [0.2, 0.25) is 0 Å². The number of carbonyl (C=O) groups excluding carboxylic acids is 1. The number of rotatable bonds is 2. The summed E-state index contributed by atoms with van der Waals surface area (Å²) >= 11 is 0. The highest BCUT2D eigenvalue weighted by molar-refractivity contribution is 6.00. The Hall–Kier alpha value is -2.33. The van der Waals surface area contributed by atoms with E-state index in [0.29, 0.717) is 11.3 Å². The molecule has 2 aromatic carbocycles. The van der Waals surface area contributed by atoms with E-state index in [-0.39, 0.29) is 0 Å². The number of carbonyl (C=O) groups is 1. The number of nitrogens with two attached hydrogens (primary N) is 2. The van der Waals surface area contributed by atoms with Gasteiger partial charge >= 0.3 is 0 Å². The lowest BCUT2D eigenvalue weighted by atomic mass is 9.87. The zero-order valence-electron chi connectivity index (χ0n) is 12.1. The first-order valence-corrected chi connectivity index (χ1v) is 7.06. The van der Waals surface area contributed by atoms with Crippen LogP contribution in [0.1, 0.15) is 21.5 Å². The summed E-state index contributed by atoms with van der Waals surface area (Å²) in [5, 5.41) is 0. The van der Waals surface area contributed by atoms with Crippen molar-refractivity contribution in [3.63, 3.8) is 0 Å². The smallest absolute Gasteiger partial charge is 0.250 e. The topological polar surface area (TPSA) is 72.3 Å². The number of anilines is 1. The molecular weight excluding hydrogens is 262 g/mol. The van der Waals surface area contributed by atoms with Gasteiger partial charge in [0, 0.05) is 18.8 Å². The molecule has 0 aliphatic carbocycles. The zero-order chi connectivity index (χ0) is 15.0. The van der Waals surface area contributed by atoms with Gasteiger partial charge in [-0.25, -0.2) is 0 Å². The number of hydrogen-bond donors (Lipinski definition) is 2. The quantitative estimate of drug-likeness (QED) is 0.827. The van der Waals surface area contributed by atoms with Gasteiger partial charge in [0.1, 0.15) is 0 Å². The molecule has 3 rings (SSSR count). The van der Waals surface area contributed by atoms with Gasteiger partial charge in [0.15, 0.2) is 0 Å². The molecule has 0 radical (unpaired) electrons. The van der Waals surface area contributed by atoms with Crippen LogP contribution in [0, 0.1) is 0 Å². The van der Waals surface area contributed by atoms with E-state index in [0.717, 1.165) is 36.2 Å². The van der Waals surface area contributed by atoms with Crippen LogP contribution < -0.4 is 11.5 Å². The van der Waals surface area contributed by atoms with Gasteiger partial charge < -0.3 is 16.4 Å². The SMILES string of the molecule is CN1CCc2c(-c3ccccc3)cc(C(N)=O)c(N)c2C1. The molecule has 0 atom stereocenters. The van der Waals surface area contributed by atoms with Crippen molar-refractivity contribution in [2.24, 2.45) is 5.73 Å². The summed E-state index contributed by atoms with van der Waals surface area (Å²) in [7, 11) is 2.06. The third kappa shape index (κ3) is 2.38. The van der Waals surface area contributed by atoms with Gasteiger partial charge in [-0.2, -0.15) is 0 Å². The molecule has 0 saturated heterocycles. The van der Waals surface area contributed by atoms with Crippen molar-refractivity contribution in [1.82, 2.24) is 4.90 Å². The van der Waals surface area contributed by atoms with Crippen LogP contribution in [0.5, 0.6) is 0 Å². The van der Waals surface area contributed by atoms with Gasteiger partial charge in [-0.1, -0.05) is 30.3 Å². The van der Waals surface area contributed by atoms with Gasteiger partial charge in [-0.05, 0) is 41.8 Å². The Morgan fingerprint density at radius 1 is 1.19 bits per heavy atom. The molecule has 1 heterocycles. The molecule has 2 aromatic rings. The molecule has 1 aliphatic heterocycles. The minimum absolute atomic E-state index is 0.419. The first kappa shape index (κ1) is 13.6. The largest absolute Gasteiger partial charge is 0.398 e. The molecule has 0 bridgehead atoms. The lowest BCUT2D eigenvalue weighted by Crippen LogP contribution is -2.29. The lowest BCUT2D eigenvalue weighted by molar-refractivity contribution is 0.100. The normalized spacial score (nSPS) is 14.7. The number of nitrogen functional groups attached to an aromatic ring is 1. The fraction of sp³-hybridized carbons (Fsp3) is 0.235. The van der Waals surface area contributed by atoms with Gasteiger partial charge in [-0.3, -0.25) is 4.79 Å². The van der Waals surface area contributed by atoms with Gasteiger partial charge in [-0.15, -0.1) is 0 Å². The predicted octanol–water partition coefficient (Wildman–Crippen LogP) is 2.02. The Kier molecular flexibility index (Phi) is 3.39. The molecule has 108 valence electrons. The maximum Gasteiger partial charge on any atom is 0.250 e. The van der Waals surface area contributed by atoms with Crippen molar-refractivity contribution >= 4 is 11.6 Å². The summed E-state index contributed by atoms with van der Waals surface area (Å²) in [4.78, 5) is 13.9. The molecule has 4 nitrogen and oxygen atoms in total. The van der Waals surface area contributed by atoms with Crippen LogP contribution in [-0.4, -0.2) is 24.4 Å². The molecule has 0 aromatic heterocycles. The fourth-order valence-electron chi connectivity index (χ4n) is 2.99. The number of hydrogen-bond acceptors (Lipinski definition) is 3. The Morgan fingerprint density at radius 3 is 2.57 bits per heavy atom. The molecule has 4 heteroatoms. The molecule has 0 saturated carbocycles. The molecule has 0 unspecified atom stereocenters. The molecule has 1 aliphatic rings. The van der Waals surface area contributed by atoms with Gasteiger partial charge in [0.05, 0.1) is 5.56 Å². The Morgan fingerprint density at radius 2 is 1.90 bits per heavy atom. The standard InChI is InChI=1S/C17H19N3O/c1-20-8-7-12-13(11-5-3-2-4-6-11)9-14(17(19)21)16(18)15(12)10-20/h2-6,9H,7-8,10,18H2,1H3,(H2,19,21). The van der Waals surface area contributed by atoms with E-state index >= 15 is 0 Å². The number of amides is 1. The second-order valence-corrected chi connectivity index (χ2v) is 5.56. The van der Waals surface area contributed by atoms with E-state index in [4.69, 9.17) is 11.5 Å². The van der Waals surface area contributed by atoms with E-state index in [9.17, 15) is 4.79 Å². The third-order valence-electron chi connectivity index (χ3n) is 4.12. The van der Waals surface area contributed by atoms with Crippen LogP contribution in [0.2, 0.25) is 0 Å².